The topological polar surface area (TPSA) is 3.24 Å². The zero-order valence-electron chi connectivity index (χ0n) is 10.5. The lowest BCUT2D eigenvalue weighted by Gasteiger charge is -2.36. The van der Waals surface area contributed by atoms with E-state index in [4.69, 9.17) is 0 Å². The van der Waals surface area contributed by atoms with Crippen molar-refractivity contribution in [3.8, 4) is 0 Å². The van der Waals surface area contributed by atoms with Crippen molar-refractivity contribution in [1.82, 2.24) is 4.90 Å². The molecule has 0 fully saturated rings. The first kappa shape index (κ1) is 13.5. The van der Waals surface area contributed by atoms with Gasteiger partial charge in [-0.25, -0.2) is 0 Å². The minimum Gasteiger partial charge on any atom is -0.304 e. The maximum atomic E-state index is 2.38. The number of aryl methyl sites for hydroxylation is 1. The molecular formula is C14H22ClN. The van der Waals surface area contributed by atoms with Gasteiger partial charge in [0.1, 0.15) is 0 Å². The Balaban J connectivity index is 0.00000128. The summed E-state index contributed by atoms with van der Waals surface area (Å²) >= 11 is 0. The number of rotatable bonds is 1. The van der Waals surface area contributed by atoms with Crippen LogP contribution in [0.2, 0.25) is 0 Å². The Hall–Kier alpha value is -0.530. The maximum absolute atomic E-state index is 2.38. The van der Waals surface area contributed by atoms with Gasteiger partial charge in [-0.05, 0) is 57.8 Å². The molecule has 1 aromatic rings. The maximum Gasteiger partial charge on any atom is 0.0215 e. The second-order valence-corrected chi connectivity index (χ2v) is 5.19. The van der Waals surface area contributed by atoms with Crippen molar-refractivity contribution in [2.75, 3.05) is 14.1 Å². The summed E-state index contributed by atoms with van der Waals surface area (Å²) in [4.78, 5) is 2.38. The average molecular weight is 240 g/mol. The first-order chi connectivity index (χ1) is 7.12. The van der Waals surface area contributed by atoms with Gasteiger partial charge in [-0.2, -0.15) is 0 Å². The van der Waals surface area contributed by atoms with Gasteiger partial charge in [-0.1, -0.05) is 24.3 Å². The van der Waals surface area contributed by atoms with E-state index in [9.17, 15) is 0 Å². The molecule has 0 spiro atoms. The fraction of sp³-hybridized carbons (Fsp3) is 0.571. The fourth-order valence-electron chi connectivity index (χ4n) is 2.51. The van der Waals surface area contributed by atoms with Crippen LogP contribution < -0.4 is 0 Å². The van der Waals surface area contributed by atoms with Crippen LogP contribution in [0, 0.1) is 0 Å². The molecule has 90 valence electrons. The first-order valence-electron chi connectivity index (χ1n) is 5.86. The zero-order valence-corrected chi connectivity index (χ0v) is 11.3. The van der Waals surface area contributed by atoms with E-state index >= 15 is 0 Å². The van der Waals surface area contributed by atoms with Crippen LogP contribution in [0.3, 0.4) is 0 Å². The molecular weight excluding hydrogens is 218 g/mol. The van der Waals surface area contributed by atoms with Crippen molar-refractivity contribution in [2.45, 2.75) is 38.1 Å². The van der Waals surface area contributed by atoms with Gasteiger partial charge in [-0.3, -0.25) is 0 Å². The number of nitrogens with zero attached hydrogens (tertiary/aromatic N) is 1. The third-order valence-electron chi connectivity index (χ3n) is 3.93. The Kier molecular flexibility index (Phi) is 4.40. The summed E-state index contributed by atoms with van der Waals surface area (Å²) in [6.45, 7) is 2.38. The lowest BCUT2D eigenvalue weighted by Crippen LogP contribution is -2.42. The second kappa shape index (κ2) is 5.20. The van der Waals surface area contributed by atoms with E-state index in [2.05, 4.69) is 50.2 Å². The summed E-state index contributed by atoms with van der Waals surface area (Å²) in [5.74, 6) is 0. The summed E-state index contributed by atoms with van der Waals surface area (Å²) in [7, 11) is 4.40. The van der Waals surface area contributed by atoms with E-state index < -0.39 is 0 Å². The molecule has 16 heavy (non-hydrogen) atoms. The SMILES string of the molecule is CN(C)C1(C)CCCc2ccccc2C1.Cl. The molecule has 0 heterocycles. The van der Waals surface area contributed by atoms with Crippen LogP contribution in [0.15, 0.2) is 24.3 Å². The normalized spacial score (nSPS) is 24.5. The minimum absolute atomic E-state index is 0. The lowest BCUT2D eigenvalue weighted by molar-refractivity contribution is 0.160. The third-order valence-corrected chi connectivity index (χ3v) is 3.93. The molecule has 1 nitrogen and oxygen atoms in total. The lowest BCUT2D eigenvalue weighted by atomic mass is 9.89. The van der Waals surface area contributed by atoms with Crippen molar-refractivity contribution >= 4 is 12.4 Å². The molecule has 0 amide bonds. The molecule has 1 atom stereocenters. The van der Waals surface area contributed by atoms with Gasteiger partial charge in [0, 0.05) is 5.54 Å². The summed E-state index contributed by atoms with van der Waals surface area (Å²) in [6, 6.07) is 8.91. The summed E-state index contributed by atoms with van der Waals surface area (Å²) < 4.78 is 0. The largest absolute Gasteiger partial charge is 0.304 e. The van der Waals surface area contributed by atoms with Gasteiger partial charge < -0.3 is 4.90 Å². The molecule has 0 N–H and O–H groups in total. The number of fused-ring (bicyclic) bond motifs is 1. The highest BCUT2D eigenvalue weighted by Crippen LogP contribution is 2.30. The summed E-state index contributed by atoms with van der Waals surface area (Å²) in [6.07, 6.45) is 5.05. The number of likely N-dealkylation sites (N-methyl/N-ethyl adjacent to an activating group) is 1. The van der Waals surface area contributed by atoms with Gasteiger partial charge in [0.15, 0.2) is 0 Å². The molecule has 2 heteroatoms. The van der Waals surface area contributed by atoms with Gasteiger partial charge in [0.2, 0.25) is 0 Å². The number of halogens is 1. The van der Waals surface area contributed by atoms with Gasteiger partial charge in [0.05, 0.1) is 0 Å². The number of hydrogen-bond donors (Lipinski definition) is 0. The van der Waals surface area contributed by atoms with Crippen LogP contribution in [-0.2, 0) is 12.8 Å². The molecule has 0 saturated carbocycles. The van der Waals surface area contributed by atoms with Gasteiger partial charge in [-0.15, -0.1) is 12.4 Å². The molecule has 0 radical (unpaired) electrons. The Morgan fingerprint density at radius 3 is 2.38 bits per heavy atom. The number of hydrogen-bond acceptors (Lipinski definition) is 1. The predicted molar refractivity (Wildman–Crippen MR) is 72.4 cm³/mol. The smallest absolute Gasteiger partial charge is 0.0215 e. The Labute approximate surface area is 105 Å². The molecule has 1 aliphatic carbocycles. The molecule has 0 aromatic heterocycles. The van der Waals surface area contributed by atoms with Crippen molar-refractivity contribution < 1.29 is 0 Å². The highest BCUT2D eigenvalue weighted by Gasteiger charge is 2.29. The molecule has 1 unspecified atom stereocenters. The Morgan fingerprint density at radius 1 is 1.12 bits per heavy atom. The van der Waals surface area contributed by atoms with Crippen LogP contribution in [0.4, 0.5) is 0 Å². The quantitative estimate of drug-likeness (QED) is 0.680. The Bertz CT molecular complexity index is 348. The molecule has 1 aliphatic rings. The first-order valence-corrected chi connectivity index (χ1v) is 5.86. The molecule has 0 aliphatic heterocycles. The highest BCUT2D eigenvalue weighted by molar-refractivity contribution is 5.85. The molecule has 1 aromatic carbocycles. The third kappa shape index (κ3) is 2.58. The van der Waals surface area contributed by atoms with Crippen molar-refractivity contribution in [2.24, 2.45) is 0 Å². The van der Waals surface area contributed by atoms with E-state index in [0.717, 1.165) is 0 Å². The van der Waals surface area contributed by atoms with Gasteiger partial charge in [0.25, 0.3) is 0 Å². The average Bonchev–Trinajstić information content (AvgIpc) is 2.36. The highest BCUT2D eigenvalue weighted by atomic mass is 35.5. The van der Waals surface area contributed by atoms with Crippen LogP contribution in [0.5, 0.6) is 0 Å². The Morgan fingerprint density at radius 2 is 1.75 bits per heavy atom. The summed E-state index contributed by atoms with van der Waals surface area (Å²) in [5.41, 5.74) is 3.45. The van der Waals surface area contributed by atoms with Crippen LogP contribution in [-0.4, -0.2) is 24.5 Å². The standard InChI is InChI=1S/C14H21N.ClH/c1-14(15(2)3)10-6-9-12-7-4-5-8-13(12)11-14;/h4-5,7-8H,6,9-11H2,1-3H3;1H. The molecule has 2 rings (SSSR count). The van der Waals surface area contributed by atoms with E-state index in [1.54, 1.807) is 11.1 Å². The zero-order chi connectivity index (χ0) is 10.9. The van der Waals surface area contributed by atoms with Crippen LogP contribution in [0.1, 0.15) is 30.9 Å². The van der Waals surface area contributed by atoms with Crippen molar-refractivity contribution in [3.63, 3.8) is 0 Å². The van der Waals surface area contributed by atoms with Crippen LogP contribution >= 0.6 is 12.4 Å². The predicted octanol–water partition coefficient (Wildman–Crippen LogP) is 3.31. The van der Waals surface area contributed by atoms with Crippen LogP contribution in [0.25, 0.3) is 0 Å². The van der Waals surface area contributed by atoms with E-state index in [1.807, 2.05) is 0 Å². The molecule has 0 saturated heterocycles. The number of benzene rings is 1. The summed E-state index contributed by atoms with van der Waals surface area (Å²) in [5, 5.41) is 0. The fourth-order valence-corrected chi connectivity index (χ4v) is 2.51. The molecule has 0 bridgehead atoms. The monoisotopic (exact) mass is 239 g/mol. The van der Waals surface area contributed by atoms with Crippen molar-refractivity contribution in [1.29, 1.82) is 0 Å². The van der Waals surface area contributed by atoms with Crippen molar-refractivity contribution in [3.05, 3.63) is 35.4 Å². The second-order valence-electron chi connectivity index (χ2n) is 5.19. The van der Waals surface area contributed by atoms with Gasteiger partial charge >= 0.3 is 0 Å². The van der Waals surface area contributed by atoms with E-state index in [0.29, 0.717) is 5.54 Å². The van der Waals surface area contributed by atoms with E-state index in [1.165, 1.54) is 25.7 Å². The van der Waals surface area contributed by atoms with E-state index in [-0.39, 0.29) is 12.4 Å². The minimum atomic E-state index is 0.